The lowest BCUT2D eigenvalue weighted by atomic mass is 9.98. The Labute approximate surface area is 184 Å². The van der Waals surface area contributed by atoms with Gasteiger partial charge in [0, 0.05) is 22.6 Å². The topological polar surface area (TPSA) is 64.3 Å². The Morgan fingerprint density at radius 3 is 2.37 bits per heavy atom. The van der Waals surface area contributed by atoms with Crippen molar-refractivity contribution in [3.63, 3.8) is 0 Å². The van der Waals surface area contributed by atoms with Crippen LogP contribution in [0.1, 0.15) is 29.0 Å². The van der Waals surface area contributed by atoms with Gasteiger partial charge in [-0.15, -0.1) is 0 Å². The van der Waals surface area contributed by atoms with Crippen LogP contribution in [0.25, 0.3) is 17.2 Å². The van der Waals surface area contributed by atoms with E-state index in [0.717, 1.165) is 10.0 Å². The van der Waals surface area contributed by atoms with E-state index >= 15 is 0 Å². The number of anilines is 1. The van der Waals surface area contributed by atoms with Crippen LogP contribution in [0, 0.1) is 0 Å². The highest BCUT2D eigenvalue weighted by Gasteiger charge is 2.28. The highest BCUT2D eigenvalue weighted by molar-refractivity contribution is 9.10. The number of benzene rings is 3. The summed E-state index contributed by atoms with van der Waals surface area (Å²) in [4.78, 5) is 12.2. The smallest absolute Gasteiger partial charge is 0.407 e. The lowest BCUT2D eigenvalue weighted by Gasteiger charge is -2.14. The van der Waals surface area contributed by atoms with Crippen LogP contribution in [-0.2, 0) is 4.74 Å². The summed E-state index contributed by atoms with van der Waals surface area (Å²) in [6.07, 6.45) is 4.35. The van der Waals surface area contributed by atoms with Crippen molar-refractivity contribution < 1.29 is 9.53 Å². The summed E-state index contributed by atoms with van der Waals surface area (Å²) in [5.74, 6) is 0.0759. The van der Waals surface area contributed by atoms with Crippen LogP contribution >= 0.6 is 15.9 Å². The summed E-state index contributed by atoms with van der Waals surface area (Å²) in [6.45, 7) is 0.846. The number of hydrogen-bond donors (Lipinski definition) is 2. The maximum atomic E-state index is 12.2. The fourth-order valence-electron chi connectivity index (χ4n) is 3.77. The van der Waals surface area contributed by atoms with Gasteiger partial charge >= 0.3 is 6.09 Å². The Balaban J connectivity index is 1.27. The molecule has 0 aromatic heterocycles. The number of hydrogen-bond acceptors (Lipinski definition) is 3. The third kappa shape index (κ3) is 4.41. The zero-order valence-electron chi connectivity index (χ0n) is 16.5. The fourth-order valence-corrected chi connectivity index (χ4v) is 4.17. The lowest BCUT2D eigenvalue weighted by Crippen LogP contribution is -2.26. The highest BCUT2D eigenvalue weighted by atomic mass is 79.9. The highest BCUT2D eigenvalue weighted by Crippen LogP contribution is 2.44. The van der Waals surface area contributed by atoms with Gasteiger partial charge in [-0.2, -0.15) is 0 Å². The molecule has 0 heterocycles. The molecule has 152 valence electrons. The Hall–Kier alpha value is -3.05. The second-order valence-electron chi connectivity index (χ2n) is 7.22. The van der Waals surface area contributed by atoms with E-state index in [2.05, 4.69) is 45.5 Å². The van der Waals surface area contributed by atoms with Crippen LogP contribution in [0.3, 0.4) is 0 Å². The minimum absolute atomic E-state index is 0.0759. The van der Waals surface area contributed by atoms with E-state index in [1.54, 1.807) is 0 Å². The van der Waals surface area contributed by atoms with Crippen LogP contribution in [0.5, 0.6) is 0 Å². The minimum Gasteiger partial charge on any atom is -0.449 e. The molecule has 0 radical (unpaired) electrons. The molecule has 5 heteroatoms. The van der Waals surface area contributed by atoms with Gasteiger partial charge in [-0.05, 0) is 62.3 Å². The molecule has 30 heavy (non-hydrogen) atoms. The number of nitrogens with two attached hydrogens (primary N) is 1. The molecule has 3 aromatic rings. The van der Waals surface area contributed by atoms with Gasteiger partial charge in [0.1, 0.15) is 6.61 Å². The Kier molecular flexibility index (Phi) is 6.19. The zero-order valence-corrected chi connectivity index (χ0v) is 18.1. The molecule has 3 aromatic carbocycles. The van der Waals surface area contributed by atoms with Crippen molar-refractivity contribution in [3.05, 3.63) is 94.0 Å². The first-order valence-corrected chi connectivity index (χ1v) is 10.7. The Bertz CT molecular complexity index is 1050. The third-order valence-corrected chi connectivity index (χ3v) is 5.95. The van der Waals surface area contributed by atoms with Crippen molar-refractivity contribution in [1.82, 2.24) is 5.32 Å². The van der Waals surface area contributed by atoms with E-state index in [9.17, 15) is 4.79 Å². The predicted molar refractivity (Wildman–Crippen MR) is 125 cm³/mol. The molecule has 1 amide bonds. The molecule has 0 atom stereocenters. The standard InChI is InChI=1S/C25H23BrN2O2/c26-23-15-17(12-13-24(23)27)7-5-6-14-28-25(29)30-16-22-20-10-3-1-8-18(20)19-9-2-4-11-21(19)22/h1-5,7-13,15,22H,6,14,16,27H2,(H,28,29). The van der Waals surface area contributed by atoms with Gasteiger partial charge in [0.2, 0.25) is 0 Å². The number of carbonyl (C=O) groups is 1. The number of rotatable bonds is 6. The van der Waals surface area contributed by atoms with Gasteiger partial charge in [-0.25, -0.2) is 4.79 Å². The number of nitrogen functional groups attached to an aromatic ring is 1. The first-order valence-electron chi connectivity index (χ1n) is 9.94. The second-order valence-corrected chi connectivity index (χ2v) is 8.08. The number of carbonyl (C=O) groups excluding carboxylic acids is 1. The first kappa shape index (κ1) is 20.2. The van der Waals surface area contributed by atoms with Crippen LogP contribution in [0.2, 0.25) is 0 Å². The molecule has 0 saturated carbocycles. The third-order valence-electron chi connectivity index (χ3n) is 5.26. The number of halogens is 1. The zero-order chi connectivity index (χ0) is 20.9. The van der Waals surface area contributed by atoms with Gasteiger partial charge in [-0.1, -0.05) is 66.7 Å². The molecule has 0 fully saturated rings. The van der Waals surface area contributed by atoms with Gasteiger partial charge in [-0.3, -0.25) is 0 Å². The summed E-state index contributed by atoms with van der Waals surface area (Å²) in [6, 6.07) is 22.4. The number of amides is 1. The number of ether oxygens (including phenoxy) is 1. The lowest BCUT2D eigenvalue weighted by molar-refractivity contribution is 0.143. The first-order chi connectivity index (χ1) is 14.6. The van der Waals surface area contributed by atoms with Crippen LogP contribution in [0.4, 0.5) is 10.5 Å². The summed E-state index contributed by atoms with van der Waals surface area (Å²) in [7, 11) is 0. The van der Waals surface area contributed by atoms with Crippen molar-refractivity contribution in [2.24, 2.45) is 0 Å². The summed E-state index contributed by atoms with van der Waals surface area (Å²) < 4.78 is 6.42. The summed E-state index contributed by atoms with van der Waals surface area (Å²) >= 11 is 3.42. The van der Waals surface area contributed by atoms with Crippen LogP contribution in [-0.4, -0.2) is 19.2 Å². The molecular weight excluding hydrogens is 440 g/mol. The average molecular weight is 463 g/mol. The van der Waals surface area contributed by atoms with E-state index < -0.39 is 0 Å². The molecule has 1 aliphatic rings. The Morgan fingerprint density at radius 1 is 1.03 bits per heavy atom. The van der Waals surface area contributed by atoms with Crippen molar-refractivity contribution in [3.8, 4) is 11.1 Å². The Morgan fingerprint density at radius 2 is 1.70 bits per heavy atom. The fraction of sp³-hybridized carbons (Fsp3) is 0.160. The normalized spacial score (nSPS) is 12.6. The van der Waals surface area contributed by atoms with E-state index in [1.165, 1.54) is 22.3 Å². The molecule has 4 rings (SSSR count). The average Bonchev–Trinajstić information content (AvgIpc) is 3.08. The van der Waals surface area contributed by atoms with Crippen LogP contribution < -0.4 is 11.1 Å². The molecule has 0 bridgehead atoms. The molecule has 0 saturated heterocycles. The predicted octanol–water partition coefficient (Wildman–Crippen LogP) is 5.97. The summed E-state index contributed by atoms with van der Waals surface area (Å²) in [5.41, 5.74) is 12.4. The molecular formula is C25H23BrN2O2. The van der Waals surface area contributed by atoms with Crippen molar-refractivity contribution >= 4 is 33.8 Å². The molecule has 3 N–H and O–H groups in total. The van der Waals surface area contributed by atoms with Gasteiger partial charge in [0.25, 0.3) is 0 Å². The second kappa shape index (κ2) is 9.18. The van der Waals surface area contributed by atoms with E-state index in [4.69, 9.17) is 10.5 Å². The van der Waals surface area contributed by atoms with Crippen LogP contribution in [0.15, 0.2) is 77.3 Å². The van der Waals surface area contributed by atoms with E-state index in [-0.39, 0.29) is 12.0 Å². The van der Waals surface area contributed by atoms with E-state index in [1.807, 2.05) is 54.6 Å². The van der Waals surface area contributed by atoms with Crippen molar-refractivity contribution in [2.45, 2.75) is 12.3 Å². The van der Waals surface area contributed by atoms with Crippen molar-refractivity contribution in [2.75, 3.05) is 18.9 Å². The van der Waals surface area contributed by atoms with Crippen molar-refractivity contribution in [1.29, 1.82) is 0 Å². The monoisotopic (exact) mass is 462 g/mol. The number of alkyl carbamates (subject to hydrolysis) is 1. The molecule has 4 nitrogen and oxygen atoms in total. The minimum atomic E-state index is -0.388. The van der Waals surface area contributed by atoms with E-state index in [0.29, 0.717) is 25.3 Å². The maximum absolute atomic E-state index is 12.2. The van der Waals surface area contributed by atoms with Gasteiger partial charge in [0.05, 0.1) is 0 Å². The SMILES string of the molecule is Nc1ccc(C=CCCNC(=O)OCC2c3ccccc3-c3ccccc32)cc1Br. The molecule has 0 spiro atoms. The maximum Gasteiger partial charge on any atom is 0.407 e. The molecule has 0 aliphatic heterocycles. The summed E-state index contributed by atoms with van der Waals surface area (Å²) in [5, 5.41) is 2.82. The quantitative estimate of drug-likeness (QED) is 0.350. The van der Waals surface area contributed by atoms with Gasteiger partial charge in [0.15, 0.2) is 0 Å². The largest absolute Gasteiger partial charge is 0.449 e. The molecule has 1 aliphatic carbocycles. The van der Waals surface area contributed by atoms with Gasteiger partial charge < -0.3 is 15.8 Å². The number of fused-ring (bicyclic) bond motifs is 3. The molecule has 0 unspecified atom stereocenters. The number of nitrogens with one attached hydrogen (secondary N) is 1.